The second-order valence-electron chi connectivity index (χ2n) is 9.32. The molecule has 1 aromatic carbocycles. The van der Waals surface area contributed by atoms with Gasteiger partial charge < -0.3 is 20.0 Å². The number of likely N-dealkylation sites (tertiary alicyclic amines) is 1. The van der Waals surface area contributed by atoms with E-state index < -0.39 is 0 Å². The Morgan fingerprint density at radius 1 is 1.21 bits per heavy atom. The molecule has 33 heavy (non-hydrogen) atoms. The SMILES string of the molecule is CC(C)(C)c1ccccc1NC(=O)c1csc(C2CCN(C(=S)NCc3ccco3)CC2)n1. The van der Waals surface area contributed by atoms with Crippen LogP contribution in [0.5, 0.6) is 0 Å². The van der Waals surface area contributed by atoms with E-state index in [1.165, 1.54) is 0 Å². The zero-order valence-corrected chi connectivity index (χ0v) is 20.9. The highest BCUT2D eigenvalue weighted by atomic mass is 32.1. The van der Waals surface area contributed by atoms with Crippen LogP contribution in [-0.2, 0) is 12.0 Å². The van der Waals surface area contributed by atoms with Gasteiger partial charge in [-0.15, -0.1) is 11.3 Å². The second-order valence-corrected chi connectivity index (χ2v) is 10.6. The van der Waals surface area contributed by atoms with E-state index in [4.69, 9.17) is 16.6 Å². The molecule has 2 aromatic heterocycles. The number of hydrogen-bond donors (Lipinski definition) is 2. The molecule has 0 spiro atoms. The van der Waals surface area contributed by atoms with Crippen LogP contribution in [0.15, 0.2) is 52.5 Å². The van der Waals surface area contributed by atoms with Gasteiger partial charge in [-0.05, 0) is 54.2 Å². The summed E-state index contributed by atoms with van der Waals surface area (Å²) < 4.78 is 5.35. The molecule has 6 nitrogen and oxygen atoms in total. The van der Waals surface area contributed by atoms with E-state index in [-0.39, 0.29) is 11.3 Å². The number of rotatable bonds is 5. The molecule has 1 aliphatic rings. The maximum absolute atomic E-state index is 12.9. The Morgan fingerprint density at radius 3 is 2.67 bits per heavy atom. The molecule has 0 unspecified atom stereocenters. The Balaban J connectivity index is 1.32. The van der Waals surface area contributed by atoms with Gasteiger partial charge in [-0.1, -0.05) is 39.0 Å². The Hall–Kier alpha value is -2.71. The monoisotopic (exact) mass is 482 g/mol. The lowest BCUT2D eigenvalue weighted by Crippen LogP contribution is -2.43. The summed E-state index contributed by atoms with van der Waals surface area (Å²) in [6.07, 6.45) is 3.59. The lowest BCUT2D eigenvalue weighted by molar-refractivity contribution is 0.102. The minimum atomic E-state index is -0.157. The summed E-state index contributed by atoms with van der Waals surface area (Å²) >= 11 is 7.12. The third kappa shape index (κ3) is 5.81. The summed E-state index contributed by atoms with van der Waals surface area (Å²) in [5.41, 5.74) is 2.38. The summed E-state index contributed by atoms with van der Waals surface area (Å²) in [6, 6.07) is 11.8. The van der Waals surface area contributed by atoms with Gasteiger partial charge in [0, 0.05) is 30.1 Å². The molecular formula is C25H30N4O2S2. The first-order valence-corrected chi connectivity index (χ1v) is 12.5. The number of nitrogens with one attached hydrogen (secondary N) is 2. The second kappa shape index (κ2) is 10.1. The van der Waals surface area contributed by atoms with Crippen LogP contribution in [0.2, 0.25) is 0 Å². The molecule has 0 radical (unpaired) electrons. The van der Waals surface area contributed by atoms with Gasteiger partial charge in [0.05, 0.1) is 17.8 Å². The fraction of sp³-hybridized carbons (Fsp3) is 0.400. The first-order valence-electron chi connectivity index (χ1n) is 11.2. The number of anilines is 1. The Morgan fingerprint density at radius 2 is 1.97 bits per heavy atom. The zero-order chi connectivity index (χ0) is 23.4. The minimum Gasteiger partial charge on any atom is -0.467 e. The topological polar surface area (TPSA) is 70.4 Å². The zero-order valence-electron chi connectivity index (χ0n) is 19.3. The average Bonchev–Trinajstić information content (AvgIpc) is 3.50. The molecule has 2 N–H and O–H groups in total. The molecule has 174 valence electrons. The first kappa shape index (κ1) is 23.4. The van der Waals surface area contributed by atoms with Crippen LogP contribution < -0.4 is 10.6 Å². The van der Waals surface area contributed by atoms with Crippen molar-refractivity contribution >= 4 is 40.3 Å². The van der Waals surface area contributed by atoms with Gasteiger partial charge >= 0.3 is 0 Å². The molecule has 1 aliphatic heterocycles. The van der Waals surface area contributed by atoms with Gasteiger partial charge in [-0.2, -0.15) is 0 Å². The molecule has 4 rings (SSSR count). The highest BCUT2D eigenvalue weighted by Crippen LogP contribution is 2.32. The van der Waals surface area contributed by atoms with E-state index in [1.807, 2.05) is 35.7 Å². The number of benzene rings is 1. The predicted octanol–water partition coefficient (Wildman–Crippen LogP) is 5.54. The molecular weight excluding hydrogens is 452 g/mol. The Kier molecular flexibility index (Phi) is 7.14. The number of carbonyl (C=O) groups excluding carboxylic acids is 1. The molecule has 0 aliphatic carbocycles. The van der Waals surface area contributed by atoms with Gasteiger partial charge in [0.2, 0.25) is 0 Å². The number of aromatic nitrogens is 1. The van der Waals surface area contributed by atoms with Crippen LogP contribution in [-0.4, -0.2) is 34.0 Å². The van der Waals surface area contributed by atoms with E-state index in [2.05, 4.69) is 47.4 Å². The van der Waals surface area contributed by atoms with E-state index in [1.54, 1.807) is 17.6 Å². The third-order valence-corrected chi connectivity index (χ3v) is 7.27. The summed E-state index contributed by atoms with van der Waals surface area (Å²) in [6.45, 7) is 8.76. The number of para-hydroxylation sites is 1. The highest BCUT2D eigenvalue weighted by molar-refractivity contribution is 7.80. The van der Waals surface area contributed by atoms with Gasteiger partial charge in [0.15, 0.2) is 5.11 Å². The van der Waals surface area contributed by atoms with E-state index in [0.29, 0.717) is 18.2 Å². The molecule has 3 heterocycles. The largest absolute Gasteiger partial charge is 0.467 e. The lowest BCUT2D eigenvalue weighted by atomic mass is 9.86. The van der Waals surface area contributed by atoms with Crippen molar-refractivity contribution in [3.05, 3.63) is 70.1 Å². The maximum atomic E-state index is 12.9. The number of hydrogen-bond acceptors (Lipinski definition) is 5. The van der Waals surface area contributed by atoms with Crippen molar-refractivity contribution in [1.29, 1.82) is 0 Å². The quantitative estimate of drug-likeness (QED) is 0.465. The molecule has 3 aromatic rings. The number of amides is 1. The number of thiazole rings is 1. The van der Waals surface area contributed by atoms with Crippen molar-refractivity contribution in [1.82, 2.24) is 15.2 Å². The first-order chi connectivity index (χ1) is 15.8. The fourth-order valence-electron chi connectivity index (χ4n) is 4.03. The molecule has 1 amide bonds. The van der Waals surface area contributed by atoms with E-state index in [9.17, 15) is 4.79 Å². The van der Waals surface area contributed by atoms with Crippen LogP contribution >= 0.6 is 23.6 Å². The van der Waals surface area contributed by atoms with Crippen LogP contribution in [0.4, 0.5) is 5.69 Å². The van der Waals surface area contributed by atoms with Gasteiger partial charge in [-0.25, -0.2) is 4.98 Å². The molecule has 1 fully saturated rings. The average molecular weight is 483 g/mol. The lowest BCUT2D eigenvalue weighted by Gasteiger charge is -2.33. The van der Waals surface area contributed by atoms with Crippen molar-refractivity contribution in [2.75, 3.05) is 18.4 Å². The number of thiocarbonyl (C=S) groups is 1. The van der Waals surface area contributed by atoms with E-state index in [0.717, 1.165) is 53.1 Å². The van der Waals surface area contributed by atoms with Gasteiger partial charge in [0.25, 0.3) is 5.91 Å². The fourth-order valence-corrected chi connectivity index (χ4v) is 5.26. The molecule has 1 saturated heterocycles. The number of furan rings is 1. The maximum Gasteiger partial charge on any atom is 0.275 e. The van der Waals surface area contributed by atoms with Crippen LogP contribution in [0.1, 0.15) is 66.4 Å². The van der Waals surface area contributed by atoms with Gasteiger partial charge in [-0.3, -0.25) is 4.79 Å². The number of nitrogens with zero attached hydrogens (tertiary/aromatic N) is 2. The van der Waals surface area contributed by atoms with Crippen molar-refractivity contribution in [3.63, 3.8) is 0 Å². The molecule has 0 atom stereocenters. The predicted molar refractivity (Wildman–Crippen MR) is 137 cm³/mol. The number of carbonyl (C=O) groups is 1. The summed E-state index contributed by atoms with van der Waals surface area (Å²) in [5, 5.41) is 9.97. The Bertz CT molecular complexity index is 1090. The standard InChI is InChI=1S/C25H30N4O2S2/c1-25(2,3)19-8-4-5-9-20(19)27-22(30)21-16-33-23(28-21)17-10-12-29(13-11-17)24(32)26-15-18-7-6-14-31-18/h4-9,14,16-17H,10-13,15H2,1-3H3,(H,26,32)(H,27,30). The molecule has 8 heteroatoms. The van der Waals surface area contributed by atoms with Crippen molar-refractivity contribution in [3.8, 4) is 0 Å². The van der Waals surface area contributed by atoms with Crippen LogP contribution in [0.25, 0.3) is 0 Å². The van der Waals surface area contributed by atoms with E-state index >= 15 is 0 Å². The van der Waals surface area contributed by atoms with Gasteiger partial charge in [0.1, 0.15) is 11.5 Å². The van der Waals surface area contributed by atoms with Crippen molar-refractivity contribution < 1.29 is 9.21 Å². The smallest absolute Gasteiger partial charge is 0.275 e. The van der Waals surface area contributed by atoms with Crippen LogP contribution in [0, 0.1) is 0 Å². The third-order valence-electron chi connectivity index (χ3n) is 5.86. The molecule has 0 bridgehead atoms. The number of piperidine rings is 1. The highest BCUT2D eigenvalue weighted by Gasteiger charge is 2.26. The summed E-state index contributed by atoms with van der Waals surface area (Å²) in [4.78, 5) is 19.8. The molecule has 0 saturated carbocycles. The minimum absolute atomic E-state index is 0.0571. The Labute approximate surface area is 204 Å². The normalized spacial score (nSPS) is 14.8. The summed E-state index contributed by atoms with van der Waals surface area (Å²) in [7, 11) is 0. The van der Waals surface area contributed by atoms with Crippen LogP contribution in [0.3, 0.4) is 0 Å². The van der Waals surface area contributed by atoms with Crippen molar-refractivity contribution in [2.45, 2.75) is 51.5 Å². The van der Waals surface area contributed by atoms with Crippen molar-refractivity contribution in [2.24, 2.45) is 0 Å². The summed E-state index contributed by atoms with van der Waals surface area (Å²) in [5.74, 6) is 1.06.